The van der Waals surface area contributed by atoms with Crippen molar-refractivity contribution in [1.29, 1.82) is 0 Å². The van der Waals surface area contributed by atoms with E-state index < -0.39 is 0 Å². The molecule has 0 aliphatic carbocycles. The van der Waals surface area contributed by atoms with Crippen LogP contribution in [0, 0.1) is 0 Å². The van der Waals surface area contributed by atoms with E-state index in [1.807, 2.05) is 0 Å². The second-order valence-corrected chi connectivity index (χ2v) is 3.26. The molecule has 0 aliphatic rings. The molecule has 0 amide bonds. The topological polar surface area (TPSA) is 21.3 Å². The third kappa shape index (κ3) is 8.02. The fourth-order valence-corrected chi connectivity index (χ4v) is 1.16. The SMILES string of the molecule is CCCOCCNC(C)CCC. The van der Waals surface area contributed by atoms with Crippen molar-refractivity contribution >= 4 is 0 Å². The Bertz CT molecular complexity index is 85.9. The first-order chi connectivity index (χ1) is 5.81. The number of nitrogens with one attached hydrogen (secondary N) is 1. The van der Waals surface area contributed by atoms with Crippen LogP contribution in [0.15, 0.2) is 0 Å². The standard InChI is InChI=1S/C10H23NO/c1-4-6-10(3)11-7-9-12-8-5-2/h10-11H,4-9H2,1-3H3. The molecule has 1 unspecified atom stereocenters. The minimum absolute atomic E-state index is 0.639. The monoisotopic (exact) mass is 173 g/mol. The number of hydrogen-bond donors (Lipinski definition) is 1. The molecule has 0 fully saturated rings. The van der Waals surface area contributed by atoms with Gasteiger partial charge in [0.2, 0.25) is 0 Å². The van der Waals surface area contributed by atoms with Crippen LogP contribution in [-0.2, 0) is 4.74 Å². The quantitative estimate of drug-likeness (QED) is 0.568. The molecular formula is C10H23NO. The van der Waals surface area contributed by atoms with Crippen LogP contribution < -0.4 is 5.32 Å². The largest absolute Gasteiger partial charge is 0.380 e. The highest BCUT2D eigenvalue weighted by Crippen LogP contribution is 1.93. The van der Waals surface area contributed by atoms with Crippen LogP contribution in [0.4, 0.5) is 0 Å². The van der Waals surface area contributed by atoms with E-state index in [0.717, 1.165) is 26.2 Å². The lowest BCUT2D eigenvalue weighted by Gasteiger charge is -2.12. The Morgan fingerprint density at radius 1 is 1.17 bits per heavy atom. The average molecular weight is 173 g/mol. The van der Waals surface area contributed by atoms with Crippen LogP contribution in [0.25, 0.3) is 0 Å². The summed E-state index contributed by atoms with van der Waals surface area (Å²) in [6.45, 7) is 9.30. The molecule has 0 aromatic rings. The molecule has 0 heterocycles. The Balaban J connectivity index is 2.97. The van der Waals surface area contributed by atoms with Crippen molar-refractivity contribution in [3.63, 3.8) is 0 Å². The van der Waals surface area contributed by atoms with E-state index in [1.165, 1.54) is 12.8 Å². The lowest BCUT2D eigenvalue weighted by molar-refractivity contribution is 0.134. The maximum absolute atomic E-state index is 5.35. The first-order valence-corrected chi connectivity index (χ1v) is 5.12. The third-order valence-electron chi connectivity index (χ3n) is 1.81. The zero-order valence-corrected chi connectivity index (χ0v) is 8.73. The van der Waals surface area contributed by atoms with Crippen molar-refractivity contribution in [3.8, 4) is 0 Å². The van der Waals surface area contributed by atoms with Crippen molar-refractivity contribution in [3.05, 3.63) is 0 Å². The maximum Gasteiger partial charge on any atom is 0.0590 e. The summed E-state index contributed by atoms with van der Waals surface area (Å²) in [6, 6.07) is 0.639. The normalized spacial score (nSPS) is 13.2. The Kier molecular flexibility index (Phi) is 8.95. The molecule has 2 heteroatoms. The zero-order valence-electron chi connectivity index (χ0n) is 8.73. The summed E-state index contributed by atoms with van der Waals surface area (Å²) in [5.74, 6) is 0. The lowest BCUT2D eigenvalue weighted by Crippen LogP contribution is -2.29. The van der Waals surface area contributed by atoms with Gasteiger partial charge in [-0.15, -0.1) is 0 Å². The van der Waals surface area contributed by atoms with Gasteiger partial charge in [0, 0.05) is 19.2 Å². The Morgan fingerprint density at radius 3 is 2.50 bits per heavy atom. The summed E-state index contributed by atoms with van der Waals surface area (Å²) in [7, 11) is 0. The van der Waals surface area contributed by atoms with Crippen LogP contribution in [0.3, 0.4) is 0 Å². The second-order valence-electron chi connectivity index (χ2n) is 3.26. The molecule has 0 aromatic heterocycles. The van der Waals surface area contributed by atoms with E-state index in [0.29, 0.717) is 6.04 Å². The molecule has 0 bridgehead atoms. The highest BCUT2D eigenvalue weighted by molar-refractivity contribution is 4.58. The predicted molar refractivity (Wildman–Crippen MR) is 53.5 cm³/mol. The Morgan fingerprint density at radius 2 is 1.92 bits per heavy atom. The maximum atomic E-state index is 5.35. The summed E-state index contributed by atoms with van der Waals surface area (Å²) in [5, 5.41) is 3.42. The third-order valence-corrected chi connectivity index (χ3v) is 1.81. The predicted octanol–water partition coefficient (Wildman–Crippen LogP) is 2.19. The fourth-order valence-electron chi connectivity index (χ4n) is 1.16. The molecule has 0 saturated heterocycles. The fraction of sp³-hybridized carbons (Fsp3) is 1.00. The Labute approximate surface area is 76.7 Å². The number of rotatable bonds is 8. The van der Waals surface area contributed by atoms with Gasteiger partial charge < -0.3 is 10.1 Å². The molecule has 0 radical (unpaired) electrons. The number of hydrogen-bond acceptors (Lipinski definition) is 2. The van der Waals surface area contributed by atoms with Crippen LogP contribution in [0.2, 0.25) is 0 Å². The average Bonchev–Trinajstić information content (AvgIpc) is 2.05. The molecule has 0 spiro atoms. The van der Waals surface area contributed by atoms with Gasteiger partial charge >= 0.3 is 0 Å². The van der Waals surface area contributed by atoms with E-state index >= 15 is 0 Å². The van der Waals surface area contributed by atoms with Gasteiger partial charge in [-0.1, -0.05) is 20.3 Å². The van der Waals surface area contributed by atoms with Gasteiger partial charge in [0.15, 0.2) is 0 Å². The molecular weight excluding hydrogens is 150 g/mol. The summed E-state index contributed by atoms with van der Waals surface area (Å²) in [4.78, 5) is 0. The first kappa shape index (κ1) is 11.9. The van der Waals surface area contributed by atoms with E-state index in [4.69, 9.17) is 4.74 Å². The molecule has 2 nitrogen and oxygen atoms in total. The molecule has 0 aliphatic heterocycles. The van der Waals surface area contributed by atoms with Gasteiger partial charge in [-0.3, -0.25) is 0 Å². The second kappa shape index (κ2) is 9.01. The van der Waals surface area contributed by atoms with Gasteiger partial charge in [-0.2, -0.15) is 0 Å². The van der Waals surface area contributed by atoms with Crippen LogP contribution >= 0.6 is 0 Å². The van der Waals surface area contributed by atoms with Crippen molar-refractivity contribution in [2.24, 2.45) is 0 Å². The van der Waals surface area contributed by atoms with E-state index in [2.05, 4.69) is 26.1 Å². The van der Waals surface area contributed by atoms with Gasteiger partial charge in [0.1, 0.15) is 0 Å². The molecule has 0 aromatic carbocycles. The number of ether oxygens (including phenoxy) is 1. The van der Waals surface area contributed by atoms with Crippen LogP contribution in [0.5, 0.6) is 0 Å². The van der Waals surface area contributed by atoms with Gasteiger partial charge in [-0.05, 0) is 19.8 Å². The van der Waals surface area contributed by atoms with Crippen molar-refractivity contribution in [1.82, 2.24) is 5.32 Å². The van der Waals surface area contributed by atoms with E-state index in [9.17, 15) is 0 Å². The molecule has 0 rings (SSSR count). The zero-order chi connectivity index (χ0) is 9.23. The van der Waals surface area contributed by atoms with Gasteiger partial charge in [0.25, 0.3) is 0 Å². The van der Waals surface area contributed by atoms with Crippen LogP contribution in [-0.4, -0.2) is 25.8 Å². The van der Waals surface area contributed by atoms with Gasteiger partial charge in [-0.25, -0.2) is 0 Å². The summed E-state index contributed by atoms with van der Waals surface area (Å²) < 4.78 is 5.35. The summed E-state index contributed by atoms with van der Waals surface area (Å²) >= 11 is 0. The lowest BCUT2D eigenvalue weighted by atomic mass is 10.2. The molecule has 0 saturated carbocycles. The molecule has 12 heavy (non-hydrogen) atoms. The molecule has 74 valence electrons. The summed E-state index contributed by atoms with van der Waals surface area (Å²) in [5.41, 5.74) is 0. The first-order valence-electron chi connectivity index (χ1n) is 5.12. The van der Waals surface area contributed by atoms with Crippen molar-refractivity contribution < 1.29 is 4.74 Å². The van der Waals surface area contributed by atoms with Crippen LogP contribution in [0.1, 0.15) is 40.0 Å². The van der Waals surface area contributed by atoms with Crippen molar-refractivity contribution in [2.75, 3.05) is 19.8 Å². The highest BCUT2D eigenvalue weighted by Gasteiger charge is 1.97. The Hall–Kier alpha value is -0.0800. The summed E-state index contributed by atoms with van der Waals surface area (Å²) in [6.07, 6.45) is 3.63. The minimum Gasteiger partial charge on any atom is -0.380 e. The minimum atomic E-state index is 0.639. The van der Waals surface area contributed by atoms with Crippen molar-refractivity contribution in [2.45, 2.75) is 46.1 Å². The van der Waals surface area contributed by atoms with E-state index in [1.54, 1.807) is 0 Å². The van der Waals surface area contributed by atoms with E-state index in [-0.39, 0.29) is 0 Å². The smallest absolute Gasteiger partial charge is 0.0590 e. The van der Waals surface area contributed by atoms with Gasteiger partial charge in [0.05, 0.1) is 6.61 Å². The molecule has 1 atom stereocenters. The highest BCUT2D eigenvalue weighted by atomic mass is 16.5. The molecule has 1 N–H and O–H groups in total.